The second-order valence-electron chi connectivity index (χ2n) is 7.13. The Hall–Kier alpha value is -2.72. The summed E-state index contributed by atoms with van der Waals surface area (Å²) in [4.78, 5) is 0. The molecular weight excluding hydrogens is 292 g/mol. The summed E-state index contributed by atoms with van der Waals surface area (Å²) < 4.78 is 6.24. The van der Waals surface area contributed by atoms with E-state index in [1.165, 1.54) is 27.8 Å². The van der Waals surface area contributed by atoms with Crippen LogP contribution >= 0.6 is 0 Å². The summed E-state index contributed by atoms with van der Waals surface area (Å²) in [6, 6.07) is 11.1. The Labute approximate surface area is 143 Å². The van der Waals surface area contributed by atoms with Crippen LogP contribution in [0.1, 0.15) is 41.9 Å². The molecular formula is C23H20O. The van der Waals surface area contributed by atoms with Crippen molar-refractivity contribution in [1.29, 1.82) is 0 Å². The zero-order chi connectivity index (χ0) is 17.1. The van der Waals surface area contributed by atoms with Gasteiger partial charge in [-0.1, -0.05) is 55.7 Å². The summed E-state index contributed by atoms with van der Waals surface area (Å²) in [6.45, 7) is 8.81. The fourth-order valence-electron chi connectivity index (χ4n) is 3.91. The first-order valence-corrected chi connectivity index (χ1v) is 8.26. The highest BCUT2D eigenvalue weighted by molar-refractivity contribution is 6.01. The lowest BCUT2D eigenvalue weighted by Gasteiger charge is -2.21. The van der Waals surface area contributed by atoms with E-state index in [-0.39, 0.29) is 5.41 Å². The Balaban J connectivity index is 2.10. The number of rotatable bonds is 1. The molecule has 0 N–H and O–H groups in total. The Morgan fingerprint density at radius 2 is 1.88 bits per heavy atom. The SMILES string of the molecule is C#C/C=C\c1oc2c3c(ccc2c1C)C(C)(C)c1cc(C)ccc1-3. The Kier molecular flexibility index (Phi) is 3.02. The van der Waals surface area contributed by atoms with Crippen molar-refractivity contribution in [3.63, 3.8) is 0 Å². The molecule has 0 radical (unpaired) electrons. The van der Waals surface area contributed by atoms with Crippen molar-refractivity contribution in [1.82, 2.24) is 0 Å². The molecule has 0 atom stereocenters. The lowest BCUT2D eigenvalue weighted by Crippen LogP contribution is -2.14. The molecule has 0 aliphatic heterocycles. The van der Waals surface area contributed by atoms with Gasteiger partial charge < -0.3 is 4.42 Å². The molecule has 0 bridgehead atoms. The molecule has 1 aliphatic rings. The molecule has 1 aromatic heterocycles. The van der Waals surface area contributed by atoms with Crippen LogP contribution in [0.4, 0.5) is 0 Å². The molecule has 118 valence electrons. The average Bonchev–Trinajstić information content (AvgIpc) is 2.99. The first kappa shape index (κ1) is 14.8. The topological polar surface area (TPSA) is 13.1 Å². The highest BCUT2D eigenvalue weighted by atomic mass is 16.3. The van der Waals surface area contributed by atoms with Crippen LogP contribution in [-0.2, 0) is 5.41 Å². The first-order chi connectivity index (χ1) is 11.4. The number of terminal acetylenes is 1. The monoisotopic (exact) mass is 312 g/mol. The second-order valence-corrected chi connectivity index (χ2v) is 7.13. The average molecular weight is 312 g/mol. The van der Waals surface area contributed by atoms with E-state index in [0.717, 1.165) is 22.3 Å². The number of hydrogen-bond donors (Lipinski definition) is 0. The van der Waals surface area contributed by atoms with Crippen molar-refractivity contribution >= 4 is 17.0 Å². The third-order valence-corrected chi connectivity index (χ3v) is 5.27. The van der Waals surface area contributed by atoms with Crippen molar-refractivity contribution < 1.29 is 4.42 Å². The van der Waals surface area contributed by atoms with E-state index in [0.29, 0.717) is 0 Å². The summed E-state index contributed by atoms with van der Waals surface area (Å²) in [5.41, 5.74) is 8.61. The number of aryl methyl sites for hydroxylation is 2. The maximum absolute atomic E-state index is 6.24. The van der Waals surface area contributed by atoms with E-state index in [4.69, 9.17) is 10.8 Å². The molecule has 1 heterocycles. The lowest BCUT2D eigenvalue weighted by molar-refractivity contribution is 0.600. The molecule has 0 saturated heterocycles. The number of fused-ring (bicyclic) bond motifs is 5. The standard InChI is InChI=1S/C23H20O/c1-6-7-8-20-15(3)16-11-12-18-21(22(16)24-20)17-10-9-14(2)13-19(17)23(18,4)5/h1,7-13H,2-5H3/b8-7-. The normalized spacial score (nSPS) is 14.8. The smallest absolute Gasteiger partial charge is 0.143 e. The Morgan fingerprint density at radius 3 is 2.62 bits per heavy atom. The van der Waals surface area contributed by atoms with Crippen LogP contribution in [0.2, 0.25) is 0 Å². The third kappa shape index (κ3) is 1.83. The highest BCUT2D eigenvalue weighted by Gasteiger charge is 2.37. The van der Waals surface area contributed by atoms with Gasteiger partial charge >= 0.3 is 0 Å². The van der Waals surface area contributed by atoms with E-state index >= 15 is 0 Å². The summed E-state index contributed by atoms with van der Waals surface area (Å²) in [6.07, 6.45) is 8.90. The molecule has 0 spiro atoms. The molecule has 4 rings (SSSR count). The summed E-state index contributed by atoms with van der Waals surface area (Å²) in [5, 5.41) is 1.16. The van der Waals surface area contributed by atoms with Gasteiger partial charge in [-0.3, -0.25) is 0 Å². The van der Waals surface area contributed by atoms with Crippen molar-refractivity contribution in [3.8, 4) is 23.5 Å². The number of allylic oxidation sites excluding steroid dienone is 1. The van der Waals surface area contributed by atoms with E-state index in [9.17, 15) is 0 Å². The maximum atomic E-state index is 6.24. The van der Waals surface area contributed by atoms with Gasteiger partial charge in [0, 0.05) is 21.9 Å². The summed E-state index contributed by atoms with van der Waals surface area (Å²) in [7, 11) is 0. The number of hydrogen-bond acceptors (Lipinski definition) is 1. The van der Waals surface area contributed by atoms with Crippen molar-refractivity contribution in [2.75, 3.05) is 0 Å². The predicted octanol–water partition coefficient (Wildman–Crippen LogP) is 6.00. The van der Waals surface area contributed by atoms with E-state index in [1.807, 2.05) is 6.08 Å². The van der Waals surface area contributed by atoms with Crippen LogP contribution in [-0.4, -0.2) is 0 Å². The van der Waals surface area contributed by atoms with Gasteiger partial charge in [-0.2, -0.15) is 0 Å². The van der Waals surface area contributed by atoms with E-state index < -0.39 is 0 Å². The van der Waals surface area contributed by atoms with Gasteiger partial charge in [-0.25, -0.2) is 0 Å². The van der Waals surface area contributed by atoms with Gasteiger partial charge in [0.05, 0.1) is 0 Å². The third-order valence-electron chi connectivity index (χ3n) is 5.27. The van der Waals surface area contributed by atoms with Crippen LogP contribution in [0.15, 0.2) is 40.8 Å². The fraction of sp³-hybridized carbons (Fsp3) is 0.217. The molecule has 24 heavy (non-hydrogen) atoms. The van der Waals surface area contributed by atoms with Gasteiger partial charge in [0.2, 0.25) is 0 Å². The molecule has 1 aliphatic carbocycles. The largest absolute Gasteiger partial charge is 0.456 e. The second kappa shape index (κ2) is 4.89. The molecule has 0 unspecified atom stereocenters. The fourth-order valence-corrected chi connectivity index (χ4v) is 3.91. The Morgan fingerprint density at radius 1 is 1.08 bits per heavy atom. The van der Waals surface area contributed by atoms with E-state index in [1.54, 1.807) is 6.08 Å². The zero-order valence-electron chi connectivity index (χ0n) is 14.5. The van der Waals surface area contributed by atoms with Crippen LogP contribution in [0.25, 0.3) is 28.2 Å². The molecule has 0 amide bonds. The summed E-state index contributed by atoms with van der Waals surface area (Å²) >= 11 is 0. The van der Waals surface area contributed by atoms with Gasteiger partial charge in [0.15, 0.2) is 0 Å². The minimum absolute atomic E-state index is 0.0135. The molecule has 1 nitrogen and oxygen atoms in total. The van der Waals surface area contributed by atoms with Gasteiger partial charge in [-0.05, 0) is 42.7 Å². The van der Waals surface area contributed by atoms with Gasteiger partial charge in [0.1, 0.15) is 11.3 Å². The minimum atomic E-state index is -0.0135. The summed E-state index contributed by atoms with van der Waals surface area (Å²) in [5.74, 6) is 3.38. The van der Waals surface area contributed by atoms with Crippen molar-refractivity contribution in [3.05, 3.63) is 64.4 Å². The van der Waals surface area contributed by atoms with Crippen LogP contribution in [0, 0.1) is 26.2 Å². The Bertz CT molecular complexity index is 1050. The number of benzene rings is 2. The van der Waals surface area contributed by atoms with Crippen LogP contribution in [0.3, 0.4) is 0 Å². The van der Waals surface area contributed by atoms with Crippen LogP contribution in [0.5, 0.6) is 0 Å². The molecule has 1 heteroatoms. The van der Waals surface area contributed by atoms with Gasteiger partial charge in [0.25, 0.3) is 0 Å². The highest BCUT2D eigenvalue weighted by Crippen LogP contribution is 2.52. The van der Waals surface area contributed by atoms with Gasteiger partial charge in [-0.15, -0.1) is 6.42 Å². The number of furan rings is 1. The van der Waals surface area contributed by atoms with E-state index in [2.05, 4.69) is 63.9 Å². The molecule has 0 saturated carbocycles. The quantitative estimate of drug-likeness (QED) is 0.502. The lowest BCUT2D eigenvalue weighted by atomic mass is 9.82. The van der Waals surface area contributed by atoms with Crippen molar-refractivity contribution in [2.45, 2.75) is 33.1 Å². The first-order valence-electron chi connectivity index (χ1n) is 8.26. The van der Waals surface area contributed by atoms with Crippen LogP contribution < -0.4 is 0 Å². The minimum Gasteiger partial charge on any atom is -0.456 e. The molecule has 0 fully saturated rings. The maximum Gasteiger partial charge on any atom is 0.143 e. The predicted molar refractivity (Wildman–Crippen MR) is 101 cm³/mol. The van der Waals surface area contributed by atoms with Crippen molar-refractivity contribution in [2.24, 2.45) is 0 Å². The zero-order valence-corrected chi connectivity index (χ0v) is 14.5. The molecule has 3 aromatic rings. The molecule has 2 aromatic carbocycles.